The normalized spacial score (nSPS) is 13.1. The molecular formula is C17H18N2O2. The Morgan fingerprint density at radius 3 is 2.76 bits per heavy atom. The Kier molecular flexibility index (Phi) is 3.52. The second-order valence-electron chi connectivity index (χ2n) is 4.99. The highest BCUT2D eigenvalue weighted by Gasteiger charge is 2.23. The molecule has 1 aliphatic heterocycles. The molecule has 1 aliphatic rings. The summed E-state index contributed by atoms with van der Waals surface area (Å²) in [4.78, 5) is 14.1. The average Bonchev–Trinajstić information content (AvgIpc) is 2.91. The van der Waals surface area contributed by atoms with Gasteiger partial charge in [0.15, 0.2) is 0 Å². The van der Waals surface area contributed by atoms with Crippen molar-refractivity contribution >= 4 is 23.0 Å². The van der Waals surface area contributed by atoms with Crippen LogP contribution in [-0.2, 0) is 11.2 Å². The Morgan fingerprint density at radius 1 is 1.19 bits per heavy atom. The zero-order chi connectivity index (χ0) is 14.8. The van der Waals surface area contributed by atoms with Gasteiger partial charge in [0, 0.05) is 12.2 Å². The van der Waals surface area contributed by atoms with E-state index >= 15 is 0 Å². The van der Waals surface area contributed by atoms with Crippen LogP contribution in [0.25, 0.3) is 0 Å². The van der Waals surface area contributed by atoms with E-state index in [4.69, 9.17) is 10.5 Å². The maximum atomic E-state index is 12.0. The third kappa shape index (κ3) is 2.33. The van der Waals surface area contributed by atoms with Crippen LogP contribution in [0, 0.1) is 0 Å². The van der Waals surface area contributed by atoms with Crippen molar-refractivity contribution in [1.29, 1.82) is 0 Å². The van der Waals surface area contributed by atoms with E-state index in [1.54, 1.807) is 13.0 Å². The maximum absolute atomic E-state index is 12.0. The second-order valence-corrected chi connectivity index (χ2v) is 4.99. The number of nitrogens with two attached hydrogens (primary N) is 1. The second kappa shape index (κ2) is 5.48. The average molecular weight is 282 g/mol. The number of anilines is 3. The molecule has 0 bridgehead atoms. The zero-order valence-corrected chi connectivity index (χ0v) is 12.0. The van der Waals surface area contributed by atoms with E-state index in [-0.39, 0.29) is 5.97 Å². The van der Waals surface area contributed by atoms with Gasteiger partial charge < -0.3 is 15.4 Å². The number of nitrogens with zero attached hydrogens (tertiary/aromatic N) is 1. The van der Waals surface area contributed by atoms with Gasteiger partial charge in [-0.15, -0.1) is 0 Å². The smallest absolute Gasteiger partial charge is 0.340 e. The first-order valence-corrected chi connectivity index (χ1v) is 7.13. The Labute approximate surface area is 124 Å². The highest BCUT2D eigenvalue weighted by Crippen LogP contribution is 2.38. The molecule has 4 nitrogen and oxygen atoms in total. The molecule has 1 heterocycles. The molecule has 108 valence electrons. The van der Waals surface area contributed by atoms with E-state index < -0.39 is 0 Å². The van der Waals surface area contributed by atoms with Crippen molar-refractivity contribution in [3.8, 4) is 0 Å². The molecule has 0 atom stereocenters. The number of carbonyl (C=O) groups is 1. The summed E-state index contributed by atoms with van der Waals surface area (Å²) in [5.74, 6) is -0.371. The standard InChI is InChI=1S/C17H18N2O2/c1-2-21-17(20)13-7-5-9-15(16(13)18)19-11-10-12-6-3-4-8-14(12)19/h3-9H,2,10-11,18H2,1H3. The molecule has 21 heavy (non-hydrogen) atoms. The van der Waals surface area contributed by atoms with Crippen molar-refractivity contribution in [1.82, 2.24) is 0 Å². The van der Waals surface area contributed by atoms with E-state index in [0.29, 0.717) is 17.9 Å². The first-order chi connectivity index (χ1) is 10.2. The monoisotopic (exact) mass is 282 g/mol. The number of nitrogen functional groups attached to an aromatic ring is 1. The summed E-state index contributed by atoms with van der Waals surface area (Å²) in [5.41, 5.74) is 10.4. The van der Waals surface area contributed by atoms with Gasteiger partial charge in [-0.25, -0.2) is 4.79 Å². The lowest BCUT2D eigenvalue weighted by molar-refractivity contribution is 0.0527. The lowest BCUT2D eigenvalue weighted by atomic mass is 10.1. The Bertz CT molecular complexity index is 682. The van der Waals surface area contributed by atoms with Crippen LogP contribution in [0.3, 0.4) is 0 Å². The van der Waals surface area contributed by atoms with Gasteiger partial charge in [-0.1, -0.05) is 24.3 Å². The highest BCUT2D eigenvalue weighted by atomic mass is 16.5. The molecule has 0 saturated carbocycles. The minimum Gasteiger partial charge on any atom is -0.462 e. The minimum absolute atomic E-state index is 0.342. The molecule has 2 aromatic rings. The summed E-state index contributed by atoms with van der Waals surface area (Å²) in [6, 6.07) is 13.8. The summed E-state index contributed by atoms with van der Waals surface area (Å²) in [6.07, 6.45) is 0.985. The van der Waals surface area contributed by atoms with Crippen LogP contribution >= 0.6 is 0 Å². The fourth-order valence-corrected chi connectivity index (χ4v) is 2.76. The van der Waals surface area contributed by atoms with Crippen LogP contribution in [0.2, 0.25) is 0 Å². The van der Waals surface area contributed by atoms with E-state index in [0.717, 1.165) is 24.3 Å². The van der Waals surface area contributed by atoms with Gasteiger partial charge in [0.05, 0.1) is 23.5 Å². The Morgan fingerprint density at radius 2 is 1.95 bits per heavy atom. The molecular weight excluding hydrogens is 264 g/mol. The molecule has 2 N–H and O–H groups in total. The number of rotatable bonds is 3. The molecule has 4 heteroatoms. The van der Waals surface area contributed by atoms with Gasteiger partial charge >= 0.3 is 5.97 Å². The molecule has 3 rings (SSSR count). The SMILES string of the molecule is CCOC(=O)c1cccc(N2CCc3ccccc32)c1N. The quantitative estimate of drug-likeness (QED) is 0.694. The predicted octanol–water partition coefficient (Wildman–Crippen LogP) is 3.14. The Hall–Kier alpha value is -2.49. The molecule has 2 aromatic carbocycles. The van der Waals surface area contributed by atoms with E-state index in [1.807, 2.05) is 24.3 Å². The molecule has 0 amide bonds. The third-order valence-corrected chi connectivity index (χ3v) is 3.76. The van der Waals surface area contributed by atoms with Crippen LogP contribution < -0.4 is 10.6 Å². The molecule has 0 fully saturated rings. The van der Waals surface area contributed by atoms with Crippen LogP contribution in [0.4, 0.5) is 17.1 Å². The van der Waals surface area contributed by atoms with Crippen molar-refractivity contribution in [3.63, 3.8) is 0 Å². The zero-order valence-electron chi connectivity index (χ0n) is 12.0. The number of carbonyl (C=O) groups excluding carboxylic acids is 1. The van der Waals surface area contributed by atoms with Crippen molar-refractivity contribution in [3.05, 3.63) is 53.6 Å². The Balaban J connectivity index is 2.01. The molecule has 0 radical (unpaired) electrons. The van der Waals surface area contributed by atoms with Gasteiger partial charge in [0.25, 0.3) is 0 Å². The topological polar surface area (TPSA) is 55.6 Å². The maximum Gasteiger partial charge on any atom is 0.340 e. The number of para-hydroxylation sites is 2. The first kappa shape index (κ1) is 13.5. The van der Waals surface area contributed by atoms with Crippen molar-refractivity contribution in [2.45, 2.75) is 13.3 Å². The van der Waals surface area contributed by atoms with E-state index in [2.05, 4.69) is 17.0 Å². The summed E-state index contributed by atoms with van der Waals surface area (Å²) in [5, 5.41) is 0. The van der Waals surface area contributed by atoms with Crippen LogP contribution in [0.5, 0.6) is 0 Å². The van der Waals surface area contributed by atoms with Gasteiger partial charge in [-0.05, 0) is 37.1 Å². The number of benzene rings is 2. The van der Waals surface area contributed by atoms with Gasteiger partial charge in [-0.3, -0.25) is 0 Å². The third-order valence-electron chi connectivity index (χ3n) is 3.76. The van der Waals surface area contributed by atoms with Crippen molar-refractivity contribution in [2.24, 2.45) is 0 Å². The lowest BCUT2D eigenvalue weighted by Crippen LogP contribution is -2.17. The van der Waals surface area contributed by atoms with Gasteiger partial charge in [-0.2, -0.15) is 0 Å². The predicted molar refractivity (Wildman–Crippen MR) is 84.0 cm³/mol. The van der Waals surface area contributed by atoms with Crippen molar-refractivity contribution in [2.75, 3.05) is 23.8 Å². The number of hydrogen-bond donors (Lipinski definition) is 1. The molecule has 0 unspecified atom stereocenters. The molecule has 0 aromatic heterocycles. The summed E-state index contributed by atoms with van der Waals surface area (Å²) in [6.45, 7) is 3.00. The largest absolute Gasteiger partial charge is 0.462 e. The van der Waals surface area contributed by atoms with E-state index in [9.17, 15) is 4.79 Å². The number of fused-ring (bicyclic) bond motifs is 1. The number of hydrogen-bond acceptors (Lipinski definition) is 4. The number of ether oxygens (including phenoxy) is 1. The van der Waals surface area contributed by atoms with Crippen LogP contribution in [0.1, 0.15) is 22.8 Å². The summed E-state index contributed by atoms with van der Waals surface area (Å²) >= 11 is 0. The van der Waals surface area contributed by atoms with Crippen LogP contribution in [-0.4, -0.2) is 19.1 Å². The molecule has 0 aliphatic carbocycles. The minimum atomic E-state index is -0.371. The fraction of sp³-hybridized carbons (Fsp3) is 0.235. The number of esters is 1. The molecule has 0 saturated heterocycles. The van der Waals surface area contributed by atoms with Crippen LogP contribution in [0.15, 0.2) is 42.5 Å². The summed E-state index contributed by atoms with van der Waals surface area (Å²) < 4.78 is 5.06. The van der Waals surface area contributed by atoms with Crippen molar-refractivity contribution < 1.29 is 9.53 Å². The van der Waals surface area contributed by atoms with Gasteiger partial charge in [0.1, 0.15) is 0 Å². The summed E-state index contributed by atoms with van der Waals surface area (Å²) in [7, 11) is 0. The van der Waals surface area contributed by atoms with Gasteiger partial charge in [0.2, 0.25) is 0 Å². The fourth-order valence-electron chi connectivity index (χ4n) is 2.76. The highest BCUT2D eigenvalue weighted by molar-refractivity contribution is 5.99. The molecule has 0 spiro atoms. The van der Waals surface area contributed by atoms with E-state index in [1.165, 1.54) is 5.56 Å². The first-order valence-electron chi connectivity index (χ1n) is 7.13. The lowest BCUT2D eigenvalue weighted by Gasteiger charge is -2.22.